The molecule has 1 aliphatic rings. The Morgan fingerprint density at radius 2 is 1.91 bits per heavy atom. The number of hydrogen-bond acceptors (Lipinski definition) is 3. The Balaban J connectivity index is 1.99. The minimum Gasteiger partial charge on any atom is -0.482 e. The smallest absolute Gasteiger partial charge is 0.154 e. The molecule has 23 heavy (non-hydrogen) atoms. The average molecular weight is 319 g/mol. The van der Waals surface area contributed by atoms with E-state index < -0.39 is 11.7 Å². The Morgan fingerprint density at radius 1 is 1.22 bits per heavy atom. The number of halogens is 2. The summed E-state index contributed by atoms with van der Waals surface area (Å²) in [6.07, 6.45) is -0.346. The van der Waals surface area contributed by atoms with E-state index in [1.165, 1.54) is 24.3 Å². The van der Waals surface area contributed by atoms with E-state index in [0.717, 1.165) is 11.1 Å². The van der Waals surface area contributed by atoms with Crippen molar-refractivity contribution in [2.75, 3.05) is 13.6 Å². The maximum atomic E-state index is 13.5. The Morgan fingerprint density at radius 3 is 2.61 bits per heavy atom. The number of aliphatic hydroxyl groups is 1. The fourth-order valence-corrected chi connectivity index (χ4v) is 3.20. The fourth-order valence-electron chi connectivity index (χ4n) is 3.20. The SMILES string of the molecule is CNCC1(O)Cc2cc(F)ccc2C1Oc1ccc(F)cc1C. The van der Waals surface area contributed by atoms with Crippen molar-refractivity contribution in [2.45, 2.75) is 25.0 Å². The quantitative estimate of drug-likeness (QED) is 0.910. The minimum atomic E-state index is -1.19. The van der Waals surface area contributed by atoms with E-state index >= 15 is 0 Å². The summed E-state index contributed by atoms with van der Waals surface area (Å²) in [6.45, 7) is 2.05. The zero-order valence-corrected chi connectivity index (χ0v) is 13.1. The van der Waals surface area contributed by atoms with Crippen molar-refractivity contribution >= 4 is 0 Å². The summed E-state index contributed by atoms with van der Waals surface area (Å²) >= 11 is 0. The predicted molar refractivity (Wildman–Crippen MR) is 83.5 cm³/mol. The Labute approximate surface area is 133 Å². The number of aryl methyl sites for hydroxylation is 1. The Bertz CT molecular complexity index is 735. The lowest BCUT2D eigenvalue weighted by molar-refractivity contribution is -0.0487. The van der Waals surface area contributed by atoms with Crippen molar-refractivity contribution in [1.82, 2.24) is 5.32 Å². The van der Waals surface area contributed by atoms with Gasteiger partial charge in [0.25, 0.3) is 0 Å². The van der Waals surface area contributed by atoms with E-state index in [2.05, 4.69) is 5.32 Å². The molecule has 2 N–H and O–H groups in total. The number of benzene rings is 2. The molecule has 0 amide bonds. The molecule has 2 unspecified atom stereocenters. The average Bonchev–Trinajstić information content (AvgIpc) is 2.73. The summed E-state index contributed by atoms with van der Waals surface area (Å²) < 4.78 is 32.8. The molecule has 0 aromatic heterocycles. The van der Waals surface area contributed by atoms with Crippen LogP contribution in [-0.4, -0.2) is 24.3 Å². The highest BCUT2D eigenvalue weighted by Gasteiger charge is 2.46. The topological polar surface area (TPSA) is 41.5 Å². The van der Waals surface area contributed by atoms with Crippen molar-refractivity contribution in [2.24, 2.45) is 0 Å². The molecule has 2 aromatic rings. The van der Waals surface area contributed by atoms with Crippen molar-refractivity contribution in [3.63, 3.8) is 0 Å². The molecular formula is C18H19F2NO2. The summed E-state index contributed by atoms with van der Waals surface area (Å²) in [6, 6.07) is 8.68. The number of nitrogens with one attached hydrogen (secondary N) is 1. The molecule has 5 heteroatoms. The molecule has 0 spiro atoms. The van der Waals surface area contributed by atoms with Crippen LogP contribution in [0.3, 0.4) is 0 Å². The lowest BCUT2D eigenvalue weighted by Crippen LogP contribution is -2.45. The monoisotopic (exact) mass is 319 g/mol. The van der Waals surface area contributed by atoms with Crippen LogP contribution >= 0.6 is 0 Å². The molecule has 122 valence electrons. The van der Waals surface area contributed by atoms with Crippen molar-refractivity contribution in [3.8, 4) is 5.75 Å². The molecule has 0 bridgehead atoms. The van der Waals surface area contributed by atoms with Crippen molar-refractivity contribution in [1.29, 1.82) is 0 Å². The largest absolute Gasteiger partial charge is 0.482 e. The number of likely N-dealkylation sites (N-methyl/N-ethyl adjacent to an activating group) is 1. The molecule has 2 aromatic carbocycles. The van der Waals surface area contributed by atoms with E-state index in [9.17, 15) is 13.9 Å². The van der Waals surface area contributed by atoms with Crippen LogP contribution in [0.4, 0.5) is 8.78 Å². The molecular weight excluding hydrogens is 300 g/mol. The van der Waals surface area contributed by atoms with Gasteiger partial charge in [0.05, 0.1) is 0 Å². The van der Waals surface area contributed by atoms with Gasteiger partial charge in [-0.05, 0) is 61.0 Å². The van der Waals surface area contributed by atoms with Crippen LogP contribution in [0.2, 0.25) is 0 Å². The van der Waals surface area contributed by atoms with Crippen LogP contribution in [0.15, 0.2) is 36.4 Å². The van der Waals surface area contributed by atoms with Gasteiger partial charge in [0.15, 0.2) is 6.10 Å². The summed E-state index contributed by atoms with van der Waals surface area (Å²) in [5.41, 5.74) is 0.943. The maximum absolute atomic E-state index is 13.5. The molecule has 1 aliphatic carbocycles. The van der Waals surface area contributed by atoms with Gasteiger partial charge in [-0.15, -0.1) is 0 Å². The van der Waals surface area contributed by atoms with Crippen molar-refractivity contribution < 1.29 is 18.6 Å². The number of fused-ring (bicyclic) bond motifs is 1. The minimum absolute atomic E-state index is 0.297. The third-order valence-electron chi connectivity index (χ3n) is 4.24. The first-order chi connectivity index (χ1) is 10.9. The lowest BCUT2D eigenvalue weighted by Gasteiger charge is -2.31. The third kappa shape index (κ3) is 2.94. The zero-order valence-electron chi connectivity index (χ0n) is 13.1. The van der Waals surface area contributed by atoms with Gasteiger partial charge in [-0.1, -0.05) is 6.07 Å². The van der Waals surface area contributed by atoms with Gasteiger partial charge in [-0.3, -0.25) is 0 Å². The molecule has 0 radical (unpaired) electrons. The lowest BCUT2D eigenvalue weighted by atomic mass is 9.97. The highest BCUT2D eigenvalue weighted by molar-refractivity contribution is 5.41. The summed E-state index contributed by atoms with van der Waals surface area (Å²) in [5.74, 6) is -0.175. The van der Waals surface area contributed by atoms with Crippen LogP contribution in [0, 0.1) is 18.6 Å². The molecule has 2 atom stereocenters. The van der Waals surface area contributed by atoms with E-state index in [1.807, 2.05) is 0 Å². The Hall–Kier alpha value is -1.98. The van der Waals surface area contributed by atoms with Crippen LogP contribution in [-0.2, 0) is 6.42 Å². The van der Waals surface area contributed by atoms with Crippen LogP contribution < -0.4 is 10.1 Å². The van der Waals surface area contributed by atoms with E-state index in [4.69, 9.17) is 4.74 Å². The van der Waals surface area contributed by atoms with Crippen LogP contribution in [0.5, 0.6) is 5.75 Å². The van der Waals surface area contributed by atoms with Gasteiger partial charge in [0.1, 0.15) is 23.0 Å². The highest BCUT2D eigenvalue weighted by Crippen LogP contribution is 2.42. The van der Waals surface area contributed by atoms with E-state index in [0.29, 0.717) is 24.3 Å². The van der Waals surface area contributed by atoms with E-state index in [-0.39, 0.29) is 11.6 Å². The first kappa shape index (κ1) is 15.9. The second kappa shape index (κ2) is 5.91. The molecule has 0 fully saturated rings. The molecule has 3 rings (SSSR count). The first-order valence-corrected chi connectivity index (χ1v) is 7.51. The maximum Gasteiger partial charge on any atom is 0.154 e. The van der Waals surface area contributed by atoms with Gasteiger partial charge >= 0.3 is 0 Å². The van der Waals surface area contributed by atoms with Crippen LogP contribution in [0.25, 0.3) is 0 Å². The standard InChI is InChI=1S/C18H19F2NO2/c1-11-7-13(19)4-6-16(11)23-17-15-5-3-14(20)8-12(15)9-18(17,22)10-21-2/h3-8,17,21-22H,9-10H2,1-2H3. The highest BCUT2D eigenvalue weighted by atomic mass is 19.1. The van der Waals surface area contributed by atoms with Gasteiger partial charge in [-0.25, -0.2) is 8.78 Å². The predicted octanol–water partition coefficient (Wildman–Crippen LogP) is 2.90. The molecule has 0 aliphatic heterocycles. The second-order valence-electron chi connectivity index (χ2n) is 6.06. The number of hydrogen-bond donors (Lipinski definition) is 2. The van der Waals surface area contributed by atoms with Gasteiger partial charge in [0.2, 0.25) is 0 Å². The third-order valence-corrected chi connectivity index (χ3v) is 4.24. The molecule has 3 nitrogen and oxygen atoms in total. The van der Waals surface area contributed by atoms with E-state index in [1.54, 1.807) is 26.1 Å². The van der Waals surface area contributed by atoms with Gasteiger partial charge in [0, 0.05) is 13.0 Å². The second-order valence-corrected chi connectivity index (χ2v) is 6.06. The van der Waals surface area contributed by atoms with Gasteiger partial charge < -0.3 is 15.2 Å². The first-order valence-electron chi connectivity index (χ1n) is 7.51. The Kier molecular flexibility index (Phi) is 4.08. The number of ether oxygens (including phenoxy) is 1. The normalized spacial score (nSPS) is 22.9. The summed E-state index contributed by atoms with van der Waals surface area (Å²) in [5, 5.41) is 13.9. The van der Waals surface area contributed by atoms with Crippen molar-refractivity contribution in [3.05, 3.63) is 64.7 Å². The number of rotatable bonds is 4. The zero-order chi connectivity index (χ0) is 16.6. The molecule has 0 saturated carbocycles. The summed E-state index contributed by atoms with van der Waals surface area (Å²) in [4.78, 5) is 0. The van der Waals surface area contributed by atoms with Crippen LogP contribution in [0.1, 0.15) is 22.8 Å². The molecule has 0 heterocycles. The molecule has 0 saturated heterocycles. The van der Waals surface area contributed by atoms with Gasteiger partial charge in [-0.2, -0.15) is 0 Å². The summed E-state index contributed by atoms with van der Waals surface area (Å²) in [7, 11) is 1.74. The fraction of sp³-hybridized carbons (Fsp3) is 0.333.